The zero-order valence-corrected chi connectivity index (χ0v) is 28.5. The number of allylic oxidation sites excluding steroid dienone is 2. The summed E-state index contributed by atoms with van der Waals surface area (Å²) in [4.78, 5) is 12.9. The summed E-state index contributed by atoms with van der Waals surface area (Å²) in [6.07, 6.45) is 5.37. The number of carbonyl (C=O) groups is 1. The minimum Gasteiger partial charge on any atom is -0.481 e. The number of aliphatic hydroxyl groups excluding tert-OH is 4. The Morgan fingerprint density at radius 1 is 0.864 bits per heavy atom. The van der Waals surface area contributed by atoms with Crippen LogP contribution in [0.1, 0.15) is 120 Å². The standard InChI is InChI=1S/C37H60O7/c1-20-26(38)28(40)29(41)30(44-20)27(39)22-11-13-34(6)24(33(22,4)5)12-14-36(8)25(34)10-9-21-23-19-32(2,3)15-17-37(23,31(42)43)18-16-35(21,36)7/h9,20,22-30,38-41H,10-19H2,1-8H3,(H,42,43)/t20?,22-,23?,24?,25?,26-,27+,28?,29+,30+,34+,35-,36-,37+/m1/s1. The number of aliphatic hydroxyl groups is 4. The van der Waals surface area contributed by atoms with E-state index in [0.29, 0.717) is 11.8 Å². The van der Waals surface area contributed by atoms with E-state index in [9.17, 15) is 30.3 Å². The molecule has 6 aliphatic rings. The Hall–Kier alpha value is -0.990. The third-order valence-corrected chi connectivity index (χ3v) is 15.8. The van der Waals surface area contributed by atoms with Gasteiger partial charge in [-0.3, -0.25) is 4.79 Å². The molecule has 5 fully saturated rings. The highest BCUT2D eigenvalue weighted by Crippen LogP contribution is 2.76. The maximum atomic E-state index is 12.9. The maximum Gasteiger partial charge on any atom is 0.310 e. The molecule has 7 heteroatoms. The molecular formula is C37H60O7. The Labute approximate surface area is 264 Å². The molecule has 0 aromatic carbocycles. The first kappa shape index (κ1) is 32.9. The molecule has 1 aliphatic heterocycles. The van der Waals surface area contributed by atoms with Crippen LogP contribution in [-0.2, 0) is 9.53 Å². The molecule has 5 N–H and O–H groups in total. The largest absolute Gasteiger partial charge is 0.481 e. The van der Waals surface area contributed by atoms with Gasteiger partial charge in [-0.25, -0.2) is 0 Å². The first-order chi connectivity index (χ1) is 20.3. The highest BCUT2D eigenvalue weighted by Gasteiger charge is 2.69. The molecule has 44 heavy (non-hydrogen) atoms. The first-order valence-corrected chi connectivity index (χ1v) is 17.6. The lowest BCUT2D eigenvalue weighted by molar-refractivity contribution is -0.260. The van der Waals surface area contributed by atoms with Crippen LogP contribution in [0.25, 0.3) is 0 Å². The SMILES string of the molecule is CC1O[C@@H]([C@@H](O)[C@H]2CC[C@@]3(C)C(CC[C@]4(C)C3CC=C3C5CC(C)(C)CC[C@]5(C(=O)O)CC[C@]34C)C2(C)C)[C@@H](O)C(O)[C@@H]1O. The second-order valence-electron chi connectivity index (χ2n) is 18.4. The third kappa shape index (κ3) is 4.27. The number of ether oxygens (including phenoxy) is 1. The molecule has 14 atom stereocenters. The molecule has 7 nitrogen and oxygen atoms in total. The molecule has 0 amide bonds. The van der Waals surface area contributed by atoms with Gasteiger partial charge in [-0.15, -0.1) is 0 Å². The summed E-state index contributed by atoms with van der Waals surface area (Å²) in [6.45, 7) is 18.4. The Morgan fingerprint density at radius 3 is 2.18 bits per heavy atom. The average Bonchev–Trinajstić information content (AvgIpc) is 2.93. The van der Waals surface area contributed by atoms with Crippen molar-refractivity contribution in [3.05, 3.63) is 11.6 Å². The molecule has 0 radical (unpaired) electrons. The lowest BCUT2D eigenvalue weighted by atomic mass is 9.33. The number of hydrogen-bond donors (Lipinski definition) is 5. The lowest BCUT2D eigenvalue weighted by Crippen LogP contribution is -2.66. The smallest absolute Gasteiger partial charge is 0.310 e. The van der Waals surface area contributed by atoms with Crippen molar-refractivity contribution >= 4 is 5.97 Å². The predicted octanol–water partition coefficient (Wildman–Crippen LogP) is 5.72. The number of carboxylic acid groups (broad SMARTS) is 1. The molecular weight excluding hydrogens is 556 g/mol. The van der Waals surface area contributed by atoms with Gasteiger partial charge in [-0.05, 0) is 122 Å². The van der Waals surface area contributed by atoms with Crippen molar-refractivity contribution in [1.29, 1.82) is 0 Å². The maximum absolute atomic E-state index is 12.9. The number of rotatable bonds is 3. The third-order valence-electron chi connectivity index (χ3n) is 15.8. The van der Waals surface area contributed by atoms with Crippen LogP contribution in [0.4, 0.5) is 0 Å². The van der Waals surface area contributed by atoms with Gasteiger partial charge in [0.05, 0.1) is 17.6 Å². The van der Waals surface area contributed by atoms with Crippen molar-refractivity contribution in [2.45, 2.75) is 156 Å². The van der Waals surface area contributed by atoms with Gasteiger partial charge in [0.25, 0.3) is 0 Å². The fourth-order valence-electron chi connectivity index (χ4n) is 12.9. The van der Waals surface area contributed by atoms with Gasteiger partial charge >= 0.3 is 5.97 Å². The van der Waals surface area contributed by atoms with E-state index in [2.05, 4.69) is 54.5 Å². The summed E-state index contributed by atoms with van der Waals surface area (Å²) in [5.74, 6) is 0.225. The van der Waals surface area contributed by atoms with Gasteiger partial charge in [0, 0.05) is 0 Å². The van der Waals surface area contributed by atoms with Crippen LogP contribution in [0.15, 0.2) is 11.6 Å². The first-order valence-electron chi connectivity index (χ1n) is 17.6. The molecule has 0 aromatic rings. The van der Waals surface area contributed by atoms with Crippen LogP contribution in [0.2, 0.25) is 0 Å². The minimum atomic E-state index is -1.35. The van der Waals surface area contributed by atoms with Crippen LogP contribution >= 0.6 is 0 Å². The van der Waals surface area contributed by atoms with Gasteiger partial charge in [0.1, 0.15) is 24.4 Å². The fraction of sp³-hybridized carbons (Fsp3) is 0.919. The monoisotopic (exact) mass is 616 g/mol. The summed E-state index contributed by atoms with van der Waals surface area (Å²) in [5, 5.41) is 54.0. The highest BCUT2D eigenvalue weighted by atomic mass is 16.5. The Kier molecular flexibility index (Phi) is 7.67. The molecule has 6 rings (SSSR count). The van der Waals surface area contributed by atoms with Crippen LogP contribution in [0.5, 0.6) is 0 Å². The number of aliphatic carboxylic acids is 1. The topological polar surface area (TPSA) is 127 Å². The van der Waals surface area contributed by atoms with Gasteiger partial charge in [-0.2, -0.15) is 0 Å². The fourth-order valence-corrected chi connectivity index (χ4v) is 12.9. The molecule has 0 bridgehead atoms. The Morgan fingerprint density at radius 2 is 1.52 bits per heavy atom. The van der Waals surface area contributed by atoms with Crippen LogP contribution in [-0.4, -0.2) is 68.1 Å². The van der Waals surface area contributed by atoms with E-state index in [1.54, 1.807) is 6.92 Å². The van der Waals surface area contributed by atoms with Crippen molar-refractivity contribution in [3.63, 3.8) is 0 Å². The molecule has 0 aromatic heterocycles. The van der Waals surface area contributed by atoms with Crippen LogP contribution < -0.4 is 0 Å². The van der Waals surface area contributed by atoms with E-state index in [0.717, 1.165) is 64.2 Å². The zero-order chi connectivity index (χ0) is 32.4. The van der Waals surface area contributed by atoms with Crippen molar-refractivity contribution < 1.29 is 35.1 Å². The molecule has 0 spiro atoms. The molecule has 1 heterocycles. The van der Waals surface area contributed by atoms with Gasteiger partial charge in [0.15, 0.2) is 0 Å². The molecule has 1 saturated heterocycles. The molecule has 4 saturated carbocycles. The van der Waals surface area contributed by atoms with E-state index >= 15 is 0 Å². The molecule has 5 unspecified atom stereocenters. The normalized spacial score (nSPS) is 53.6. The van der Waals surface area contributed by atoms with E-state index in [1.165, 1.54) is 5.57 Å². The summed E-state index contributed by atoms with van der Waals surface area (Å²) in [5.41, 5.74) is 0.817. The molecule has 5 aliphatic carbocycles. The van der Waals surface area contributed by atoms with Crippen molar-refractivity contribution in [2.75, 3.05) is 0 Å². The summed E-state index contributed by atoms with van der Waals surface area (Å²) in [6, 6.07) is 0. The highest BCUT2D eigenvalue weighted by molar-refractivity contribution is 5.76. The van der Waals surface area contributed by atoms with E-state index in [1.807, 2.05) is 0 Å². The Balaban J connectivity index is 1.32. The van der Waals surface area contributed by atoms with Gasteiger partial charge in [-0.1, -0.05) is 60.1 Å². The van der Waals surface area contributed by atoms with Crippen LogP contribution in [0.3, 0.4) is 0 Å². The van der Waals surface area contributed by atoms with E-state index < -0.39 is 48.0 Å². The lowest BCUT2D eigenvalue weighted by Gasteiger charge is -2.71. The van der Waals surface area contributed by atoms with Crippen molar-refractivity contribution in [2.24, 2.45) is 56.2 Å². The summed E-state index contributed by atoms with van der Waals surface area (Å²) in [7, 11) is 0. The summed E-state index contributed by atoms with van der Waals surface area (Å²) < 4.78 is 5.95. The van der Waals surface area contributed by atoms with E-state index in [4.69, 9.17) is 4.74 Å². The van der Waals surface area contributed by atoms with Crippen LogP contribution in [0, 0.1) is 56.2 Å². The van der Waals surface area contributed by atoms with E-state index in [-0.39, 0.29) is 38.9 Å². The number of hydrogen-bond acceptors (Lipinski definition) is 6. The second-order valence-corrected chi connectivity index (χ2v) is 18.4. The number of carboxylic acids is 1. The van der Waals surface area contributed by atoms with Crippen molar-refractivity contribution in [1.82, 2.24) is 0 Å². The predicted molar refractivity (Wildman–Crippen MR) is 169 cm³/mol. The quantitative estimate of drug-likeness (QED) is 0.257. The summed E-state index contributed by atoms with van der Waals surface area (Å²) >= 11 is 0. The molecule has 250 valence electrons. The zero-order valence-electron chi connectivity index (χ0n) is 28.5. The minimum absolute atomic E-state index is 0.0331. The van der Waals surface area contributed by atoms with Crippen molar-refractivity contribution in [3.8, 4) is 0 Å². The van der Waals surface area contributed by atoms with Gasteiger partial charge < -0.3 is 30.3 Å². The Bertz CT molecular complexity index is 1190. The average molecular weight is 617 g/mol. The van der Waals surface area contributed by atoms with Gasteiger partial charge in [0.2, 0.25) is 0 Å². The number of fused-ring (bicyclic) bond motifs is 7. The second kappa shape index (κ2) is 10.3.